The molecule has 2 aromatic rings. The number of pyridine rings is 1. The number of aryl methyl sites for hydroxylation is 1. The summed E-state index contributed by atoms with van der Waals surface area (Å²) >= 11 is 0. The van der Waals surface area contributed by atoms with Crippen LogP contribution in [0, 0.1) is 6.92 Å². The second-order valence-corrected chi connectivity index (χ2v) is 3.21. The van der Waals surface area contributed by atoms with Gasteiger partial charge in [-0.2, -0.15) is 5.10 Å². The molecule has 0 aliphatic carbocycles. The zero-order chi connectivity index (χ0) is 10.1. The second-order valence-electron chi connectivity index (χ2n) is 3.21. The summed E-state index contributed by atoms with van der Waals surface area (Å²) in [6, 6.07) is 5.60. The summed E-state index contributed by atoms with van der Waals surface area (Å²) in [5.74, 6) is 0.533. The summed E-state index contributed by atoms with van der Waals surface area (Å²) in [6.45, 7) is 2.01. The number of nitrogens with two attached hydrogens (primary N) is 1. The van der Waals surface area contributed by atoms with Crippen molar-refractivity contribution in [2.45, 2.75) is 6.92 Å². The van der Waals surface area contributed by atoms with E-state index in [1.165, 1.54) is 0 Å². The topological polar surface area (TPSA) is 56.7 Å². The molecule has 0 atom stereocenters. The molecule has 0 radical (unpaired) electrons. The third-order valence-electron chi connectivity index (χ3n) is 2.28. The van der Waals surface area contributed by atoms with Crippen LogP contribution >= 0.6 is 0 Å². The lowest BCUT2D eigenvalue weighted by atomic mass is 10.2. The van der Waals surface area contributed by atoms with Crippen molar-refractivity contribution in [3.63, 3.8) is 0 Å². The first-order chi connectivity index (χ1) is 6.68. The Morgan fingerprint density at radius 2 is 2.14 bits per heavy atom. The van der Waals surface area contributed by atoms with Gasteiger partial charge in [-0.25, -0.2) is 4.98 Å². The van der Waals surface area contributed by atoms with Crippen molar-refractivity contribution >= 4 is 5.82 Å². The van der Waals surface area contributed by atoms with Crippen molar-refractivity contribution in [2.75, 3.05) is 5.73 Å². The van der Waals surface area contributed by atoms with E-state index in [2.05, 4.69) is 10.1 Å². The predicted molar refractivity (Wildman–Crippen MR) is 55.6 cm³/mol. The molecule has 0 saturated carbocycles. The fourth-order valence-corrected chi connectivity index (χ4v) is 1.35. The second kappa shape index (κ2) is 3.14. The van der Waals surface area contributed by atoms with Gasteiger partial charge in [-0.3, -0.25) is 4.68 Å². The Morgan fingerprint density at radius 1 is 1.36 bits per heavy atom. The Hall–Kier alpha value is -1.84. The summed E-state index contributed by atoms with van der Waals surface area (Å²) < 4.78 is 1.82. The molecule has 4 heteroatoms. The molecular weight excluding hydrogens is 176 g/mol. The number of rotatable bonds is 1. The van der Waals surface area contributed by atoms with E-state index < -0.39 is 0 Å². The molecule has 72 valence electrons. The van der Waals surface area contributed by atoms with Crippen LogP contribution < -0.4 is 5.73 Å². The van der Waals surface area contributed by atoms with Crippen LogP contribution in [-0.4, -0.2) is 14.8 Å². The Labute approximate surface area is 82.4 Å². The van der Waals surface area contributed by atoms with Crippen molar-refractivity contribution in [3.05, 3.63) is 30.1 Å². The summed E-state index contributed by atoms with van der Waals surface area (Å²) in [5, 5.41) is 4.16. The minimum absolute atomic E-state index is 0.533. The van der Waals surface area contributed by atoms with Gasteiger partial charge >= 0.3 is 0 Å². The molecule has 0 fully saturated rings. The Bertz CT molecular complexity index is 459. The monoisotopic (exact) mass is 188 g/mol. The molecule has 0 aromatic carbocycles. The lowest BCUT2D eigenvalue weighted by molar-refractivity contribution is 0.740. The van der Waals surface area contributed by atoms with Gasteiger partial charge in [-0.1, -0.05) is 6.07 Å². The van der Waals surface area contributed by atoms with E-state index in [-0.39, 0.29) is 0 Å². The van der Waals surface area contributed by atoms with Gasteiger partial charge in [0, 0.05) is 18.3 Å². The SMILES string of the molecule is Cc1c(-c2cccc(N)n2)cnn1C. The largest absolute Gasteiger partial charge is 0.384 e. The standard InChI is InChI=1S/C10H12N4/c1-7-8(6-12-14(7)2)9-4-3-5-10(11)13-9/h3-6H,1-2H3,(H2,11,13). The summed E-state index contributed by atoms with van der Waals surface area (Å²) in [7, 11) is 1.91. The van der Waals surface area contributed by atoms with Crippen LogP contribution in [0.4, 0.5) is 5.82 Å². The van der Waals surface area contributed by atoms with E-state index in [1.54, 1.807) is 12.3 Å². The lowest BCUT2D eigenvalue weighted by Gasteiger charge is -2.00. The van der Waals surface area contributed by atoms with Crippen LogP contribution in [0.1, 0.15) is 5.69 Å². The third-order valence-corrected chi connectivity index (χ3v) is 2.28. The minimum Gasteiger partial charge on any atom is -0.384 e. The first kappa shape index (κ1) is 8.74. The number of anilines is 1. The van der Waals surface area contributed by atoms with Crippen LogP contribution in [0.2, 0.25) is 0 Å². The van der Waals surface area contributed by atoms with E-state index >= 15 is 0 Å². The van der Waals surface area contributed by atoms with Gasteiger partial charge < -0.3 is 5.73 Å². The van der Waals surface area contributed by atoms with E-state index in [0.29, 0.717) is 5.82 Å². The fraction of sp³-hybridized carbons (Fsp3) is 0.200. The Morgan fingerprint density at radius 3 is 2.71 bits per heavy atom. The fourth-order valence-electron chi connectivity index (χ4n) is 1.35. The molecule has 2 rings (SSSR count). The maximum absolute atomic E-state index is 5.61. The average molecular weight is 188 g/mol. The van der Waals surface area contributed by atoms with Gasteiger partial charge in [0.25, 0.3) is 0 Å². The van der Waals surface area contributed by atoms with E-state index in [4.69, 9.17) is 5.73 Å². The summed E-state index contributed by atoms with van der Waals surface area (Å²) in [5.41, 5.74) is 8.60. The van der Waals surface area contributed by atoms with E-state index in [0.717, 1.165) is 17.0 Å². The molecule has 0 saturated heterocycles. The number of nitrogens with zero attached hydrogens (tertiary/aromatic N) is 3. The van der Waals surface area contributed by atoms with Crippen LogP contribution in [0.3, 0.4) is 0 Å². The molecule has 0 spiro atoms. The normalized spacial score (nSPS) is 10.4. The number of nitrogen functional groups attached to an aromatic ring is 1. The Kier molecular flexibility index (Phi) is 1.96. The molecule has 4 nitrogen and oxygen atoms in total. The van der Waals surface area contributed by atoms with Crippen LogP contribution in [0.5, 0.6) is 0 Å². The zero-order valence-corrected chi connectivity index (χ0v) is 8.23. The third kappa shape index (κ3) is 1.35. The van der Waals surface area contributed by atoms with Gasteiger partial charge in [0.15, 0.2) is 0 Å². The van der Waals surface area contributed by atoms with Gasteiger partial charge in [-0.05, 0) is 19.1 Å². The quantitative estimate of drug-likeness (QED) is 0.735. The maximum Gasteiger partial charge on any atom is 0.124 e. The van der Waals surface area contributed by atoms with Crippen molar-refractivity contribution in [1.29, 1.82) is 0 Å². The highest BCUT2D eigenvalue weighted by molar-refractivity contribution is 5.62. The number of aromatic nitrogens is 3. The highest BCUT2D eigenvalue weighted by Crippen LogP contribution is 2.20. The first-order valence-electron chi connectivity index (χ1n) is 4.40. The number of hydrogen-bond donors (Lipinski definition) is 1. The van der Waals surface area contributed by atoms with Crippen LogP contribution in [0.15, 0.2) is 24.4 Å². The van der Waals surface area contributed by atoms with Gasteiger partial charge in [0.05, 0.1) is 11.9 Å². The van der Waals surface area contributed by atoms with Crippen molar-refractivity contribution < 1.29 is 0 Å². The van der Waals surface area contributed by atoms with Gasteiger partial charge in [0.2, 0.25) is 0 Å². The maximum atomic E-state index is 5.61. The van der Waals surface area contributed by atoms with Gasteiger partial charge in [-0.15, -0.1) is 0 Å². The molecule has 14 heavy (non-hydrogen) atoms. The van der Waals surface area contributed by atoms with Gasteiger partial charge in [0.1, 0.15) is 5.82 Å². The molecule has 0 aliphatic rings. The summed E-state index contributed by atoms with van der Waals surface area (Å²) in [6.07, 6.45) is 1.80. The molecule has 0 unspecified atom stereocenters. The molecule has 2 N–H and O–H groups in total. The van der Waals surface area contributed by atoms with Crippen molar-refractivity contribution in [2.24, 2.45) is 7.05 Å². The molecule has 2 aromatic heterocycles. The first-order valence-corrected chi connectivity index (χ1v) is 4.40. The molecule has 0 aliphatic heterocycles. The molecular formula is C10H12N4. The van der Waals surface area contributed by atoms with Crippen molar-refractivity contribution in [1.82, 2.24) is 14.8 Å². The zero-order valence-electron chi connectivity index (χ0n) is 8.23. The average Bonchev–Trinajstić information content (AvgIpc) is 2.48. The smallest absolute Gasteiger partial charge is 0.124 e. The molecule has 0 bridgehead atoms. The van der Waals surface area contributed by atoms with Crippen molar-refractivity contribution in [3.8, 4) is 11.3 Å². The minimum atomic E-state index is 0.533. The lowest BCUT2D eigenvalue weighted by Crippen LogP contribution is -1.94. The number of hydrogen-bond acceptors (Lipinski definition) is 3. The Balaban J connectivity index is 2.55. The summed E-state index contributed by atoms with van der Waals surface area (Å²) in [4.78, 5) is 4.24. The highest BCUT2D eigenvalue weighted by atomic mass is 15.3. The van der Waals surface area contributed by atoms with E-state index in [9.17, 15) is 0 Å². The van der Waals surface area contributed by atoms with Crippen LogP contribution in [0.25, 0.3) is 11.3 Å². The van der Waals surface area contributed by atoms with E-state index in [1.807, 2.05) is 30.8 Å². The highest BCUT2D eigenvalue weighted by Gasteiger charge is 2.07. The van der Waals surface area contributed by atoms with Crippen LogP contribution in [-0.2, 0) is 7.05 Å². The molecule has 2 heterocycles. The predicted octanol–water partition coefficient (Wildman–Crippen LogP) is 1.37. The molecule has 0 amide bonds.